The van der Waals surface area contributed by atoms with Crippen molar-refractivity contribution in [3.63, 3.8) is 0 Å². The fourth-order valence-electron chi connectivity index (χ4n) is 3.41. The molecule has 1 saturated carbocycles. The lowest BCUT2D eigenvalue weighted by molar-refractivity contribution is -0.127. The zero-order valence-corrected chi connectivity index (χ0v) is 13.4. The topological polar surface area (TPSA) is 41.1 Å². The molecule has 1 aromatic carbocycles. The predicted molar refractivity (Wildman–Crippen MR) is 84.9 cm³/mol. The molecule has 1 aliphatic heterocycles. The number of carbonyl (C=O) groups is 1. The van der Waals surface area contributed by atoms with Crippen LogP contribution in [0.2, 0.25) is 0 Å². The summed E-state index contributed by atoms with van der Waals surface area (Å²) in [5.41, 5.74) is 1.68. The van der Waals surface area contributed by atoms with Gasteiger partial charge in [0.05, 0.1) is 6.04 Å². The predicted octanol–water partition coefficient (Wildman–Crippen LogP) is 3.09. The molecule has 0 bridgehead atoms. The molecule has 1 unspecified atom stereocenters. The molecule has 120 valence electrons. The highest BCUT2D eigenvalue weighted by molar-refractivity contribution is 5.79. The van der Waals surface area contributed by atoms with Crippen LogP contribution < -0.4 is 10.6 Å². The molecule has 3 atom stereocenters. The molecule has 22 heavy (non-hydrogen) atoms. The Bertz CT molecular complexity index is 556. The average molecular weight is 304 g/mol. The number of hydrogen-bond donors (Lipinski definition) is 2. The van der Waals surface area contributed by atoms with E-state index in [9.17, 15) is 9.18 Å². The van der Waals surface area contributed by atoms with Gasteiger partial charge in [-0.2, -0.15) is 0 Å². The van der Waals surface area contributed by atoms with Crippen molar-refractivity contribution in [2.75, 3.05) is 6.54 Å². The number of piperidine rings is 1. The van der Waals surface area contributed by atoms with Gasteiger partial charge in [-0.15, -0.1) is 0 Å². The quantitative estimate of drug-likeness (QED) is 0.897. The molecule has 1 aliphatic carbocycles. The van der Waals surface area contributed by atoms with E-state index in [1.807, 2.05) is 12.1 Å². The lowest BCUT2D eigenvalue weighted by Crippen LogP contribution is -2.43. The molecule has 1 aromatic rings. The van der Waals surface area contributed by atoms with E-state index in [1.54, 1.807) is 6.92 Å². The number of benzene rings is 1. The van der Waals surface area contributed by atoms with Gasteiger partial charge < -0.3 is 10.6 Å². The van der Waals surface area contributed by atoms with Gasteiger partial charge in [0, 0.05) is 12.0 Å². The Balaban J connectivity index is 1.71. The molecule has 4 heteroatoms. The number of amides is 1. The summed E-state index contributed by atoms with van der Waals surface area (Å²) >= 11 is 0. The van der Waals surface area contributed by atoms with Gasteiger partial charge in [-0.3, -0.25) is 4.79 Å². The Hall–Kier alpha value is -1.42. The average Bonchev–Trinajstić information content (AvgIpc) is 3.32. The highest BCUT2D eigenvalue weighted by atomic mass is 19.1. The van der Waals surface area contributed by atoms with Crippen molar-refractivity contribution in [3.8, 4) is 0 Å². The Morgan fingerprint density at radius 2 is 2.14 bits per heavy atom. The molecular weight excluding hydrogens is 279 g/mol. The van der Waals surface area contributed by atoms with Crippen LogP contribution in [0.15, 0.2) is 18.2 Å². The minimum Gasteiger partial charge on any atom is -0.349 e. The monoisotopic (exact) mass is 304 g/mol. The molecule has 1 heterocycles. The van der Waals surface area contributed by atoms with E-state index < -0.39 is 0 Å². The fraction of sp³-hybridized carbons (Fsp3) is 0.611. The number of halogens is 1. The number of carbonyl (C=O) groups excluding carboxylic acids is 1. The van der Waals surface area contributed by atoms with Gasteiger partial charge in [0.15, 0.2) is 0 Å². The summed E-state index contributed by atoms with van der Waals surface area (Å²) in [5.74, 6) is 0.580. The first-order valence-corrected chi connectivity index (χ1v) is 8.34. The Morgan fingerprint density at radius 1 is 1.36 bits per heavy atom. The number of aryl methyl sites for hydroxylation is 1. The van der Waals surface area contributed by atoms with E-state index in [-0.39, 0.29) is 23.7 Å². The van der Waals surface area contributed by atoms with E-state index in [4.69, 9.17) is 0 Å². The molecule has 1 saturated heterocycles. The lowest BCUT2D eigenvalue weighted by Gasteiger charge is -2.29. The second kappa shape index (κ2) is 6.37. The van der Waals surface area contributed by atoms with Crippen molar-refractivity contribution in [3.05, 3.63) is 35.1 Å². The van der Waals surface area contributed by atoms with Gasteiger partial charge >= 0.3 is 0 Å². The molecule has 2 aliphatic rings. The third-order valence-corrected chi connectivity index (χ3v) is 4.93. The summed E-state index contributed by atoms with van der Waals surface area (Å²) in [6, 6.07) is 5.65. The van der Waals surface area contributed by atoms with Crippen LogP contribution in [0.3, 0.4) is 0 Å². The first-order chi connectivity index (χ1) is 10.5. The Morgan fingerprint density at radius 3 is 2.77 bits per heavy atom. The van der Waals surface area contributed by atoms with Crippen LogP contribution in [-0.2, 0) is 4.79 Å². The number of hydrogen-bond acceptors (Lipinski definition) is 2. The zero-order chi connectivity index (χ0) is 15.7. The first-order valence-electron chi connectivity index (χ1n) is 8.34. The number of rotatable bonds is 4. The maximum absolute atomic E-state index is 13.5. The summed E-state index contributed by atoms with van der Waals surface area (Å²) in [6.45, 7) is 4.81. The Labute approximate surface area is 131 Å². The second-order valence-corrected chi connectivity index (χ2v) is 6.91. The maximum atomic E-state index is 13.5. The van der Waals surface area contributed by atoms with Crippen molar-refractivity contribution < 1.29 is 9.18 Å². The molecule has 1 amide bonds. The summed E-state index contributed by atoms with van der Waals surface area (Å²) in [6.07, 6.45) is 4.08. The smallest absolute Gasteiger partial charge is 0.223 e. The van der Waals surface area contributed by atoms with Gasteiger partial charge in [-0.25, -0.2) is 4.39 Å². The zero-order valence-electron chi connectivity index (χ0n) is 13.4. The lowest BCUT2D eigenvalue weighted by atomic mass is 9.91. The third kappa shape index (κ3) is 3.49. The normalized spacial score (nSPS) is 26.5. The van der Waals surface area contributed by atoms with Crippen molar-refractivity contribution in [2.45, 2.75) is 51.6 Å². The maximum Gasteiger partial charge on any atom is 0.223 e. The molecule has 2 fully saturated rings. The van der Waals surface area contributed by atoms with Gasteiger partial charge in [0.25, 0.3) is 0 Å². The summed E-state index contributed by atoms with van der Waals surface area (Å²) < 4.78 is 13.5. The van der Waals surface area contributed by atoms with E-state index in [0.717, 1.165) is 37.8 Å². The molecule has 2 N–H and O–H groups in total. The molecule has 0 spiro atoms. The first kappa shape index (κ1) is 15.5. The van der Waals surface area contributed by atoms with Crippen LogP contribution in [0.25, 0.3) is 0 Å². The van der Waals surface area contributed by atoms with Gasteiger partial charge in [-0.1, -0.05) is 12.1 Å². The van der Waals surface area contributed by atoms with Gasteiger partial charge in [0.2, 0.25) is 5.91 Å². The van der Waals surface area contributed by atoms with Crippen molar-refractivity contribution in [1.82, 2.24) is 10.6 Å². The van der Waals surface area contributed by atoms with Gasteiger partial charge in [-0.05, 0) is 69.2 Å². The van der Waals surface area contributed by atoms with E-state index in [1.165, 1.54) is 6.07 Å². The van der Waals surface area contributed by atoms with Crippen LogP contribution in [0.4, 0.5) is 4.39 Å². The summed E-state index contributed by atoms with van der Waals surface area (Å²) in [5, 5.41) is 6.62. The van der Waals surface area contributed by atoms with Crippen molar-refractivity contribution >= 4 is 5.91 Å². The minimum absolute atomic E-state index is 0.0389. The van der Waals surface area contributed by atoms with Gasteiger partial charge in [0.1, 0.15) is 5.82 Å². The SMILES string of the molecule is Cc1cc(C(NC(=O)[C@H]2CCN[C@@H](C)C2)C2CC2)ccc1F. The van der Waals surface area contributed by atoms with Crippen LogP contribution in [0.1, 0.15) is 49.8 Å². The van der Waals surface area contributed by atoms with Crippen molar-refractivity contribution in [2.24, 2.45) is 11.8 Å². The number of nitrogens with one attached hydrogen (secondary N) is 2. The summed E-state index contributed by atoms with van der Waals surface area (Å²) in [4.78, 5) is 12.6. The molecule has 3 rings (SSSR count). The molecule has 3 nitrogen and oxygen atoms in total. The van der Waals surface area contributed by atoms with Crippen LogP contribution in [0.5, 0.6) is 0 Å². The molecule has 0 aromatic heterocycles. The standard InChI is InChI=1S/C18H25FN2O/c1-11-9-14(5-6-16(11)19)17(13-3-4-13)21-18(22)15-7-8-20-12(2)10-15/h5-6,9,12-13,15,17,20H,3-4,7-8,10H2,1-2H3,(H,21,22)/t12-,15-,17?/m0/s1. The van der Waals surface area contributed by atoms with E-state index >= 15 is 0 Å². The van der Waals surface area contributed by atoms with Crippen LogP contribution in [-0.4, -0.2) is 18.5 Å². The molecule has 0 radical (unpaired) electrons. The van der Waals surface area contributed by atoms with E-state index in [0.29, 0.717) is 17.5 Å². The van der Waals surface area contributed by atoms with Crippen LogP contribution in [0, 0.1) is 24.6 Å². The third-order valence-electron chi connectivity index (χ3n) is 4.93. The minimum atomic E-state index is -0.184. The summed E-state index contributed by atoms with van der Waals surface area (Å²) in [7, 11) is 0. The second-order valence-electron chi connectivity index (χ2n) is 6.91. The highest BCUT2D eigenvalue weighted by Crippen LogP contribution is 2.41. The largest absolute Gasteiger partial charge is 0.349 e. The fourth-order valence-corrected chi connectivity index (χ4v) is 3.41. The Kier molecular flexibility index (Phi) is 4.48. The highest BCUT2D eigenvalue weighted by Gasteiger charge is 2.35. The van der Waals surface area contributed by atoms with Crippen molar-refractivity contribution in [1.29, 1.82) is 0 Å². The van der Waals surface area contributed by atoms with Crippen LogP contribution >= 0.6 is 0 Å². The van der Waals surface area contributed by atoms with E-state index in [2.05, 4.69) is 17.6 Å². The molecular formula is C18H25FN2O.